The molecule has 2 rings (SSSR count). The largest absolute Gasteiger partial charge is 0.369 e. The molecule has 0 unspecified atom stereocenters. The van der Waals surface area contributed by atoms with Crippen LogP contribution in [-0.2, 0) is 21.2 Å². The summed E-state index contributed by atoms with van der Waals surface area (Å²) >= 11 is 3.17. The van der Waals surface area contributed by atoms with Crippen molar-refractivity contribution in [2.45, 2.75) is 11.3 Å². The van der Waals surface area contributed by atoms with E-state index in [1.165, 1.54) is 18.5 Å². The number of hydrogen-bond acceptors (Lipinski definition) is 4. The van der Waals surface area contributed by atoms with Gasteiger partial charge in [0.05, 0.1) is 12.1 Å². The fraction of sp³-hybridized carbons (Fsp3) is 0.0769. The van der Waals surface area contributed by atoms with Crippen molar-refractivity contribution in [3.8, 4) is 0 Å². The number of carbonyl (C=O) groups excluding carboxylic acids is 1. The quantitative estimate of drug-likeness (QED) is 0.836. The summed E-state index contributed by atoms with van der Waals surface area (Å²) in [4.78, 5) is 14.9. The first-order chi connectivity index (χ1) is 9.88. The van der Waals surface area contributed by atoms with Crippen molar-refractivity contribution in [1.82, 2.24) is 4.98 Å². The topological polar surface area (TPSA) is 102 Å². The molecule has 0 radical (unpaired) electrons. The summed E-state index contributed by atoms with van der Waals surface area (Å²) in [5.41, 5.74) is 5.98. The number of anilines is 1. The SMILES string of the molecule is NC(=O)Cc1ccccc1NS(=O)(=O)c1cncc(Br)c1. The highest BCUT2D eigenvalue weighted by atomic mass is 79.9. The molecule has 1 aromatic heterocycles. The third-order valence-corrected chi connectivity index (χ3v) is 4.38. The molecule has 0 aliphatic rings. The highest BCUT2D eigenvalue weighted by Crippen LogP contribution is 2.21. The number of aromatic nitrogens is 1. The maximum absolute atomic E-state index is 12.3. The van der Waals surface area contributed by atoms with E-state index in [2.05, 4.69) is 25.6 Å². The first kappa shape index (κ1) is 15.5. The molecule has 0 aliphatic heterocycles. The Morgan fingerprint density at radius 1 is 1.29 bits per heavy atom. The van der Waals surface area contributed by atoms with Gasteiger partial charge in [0.15, 0.2) is 0 Å². The molecule has 8 heteroatoms. The maximum Gasteiger partial charge on any atom is 0.263 e. The van der Waals surface area contributed by atoms with Gasteiger partial charge in [-0.25, -0.2) is 8.42 Å². The molecule has 6 nitrogen and oxygen atoms in total. The second-order valence-corrected chi connectivity index (χ2v) is 6.84. The molecule has 2 aromatic rings. The highest BCUT2D eigenvalue weighted by Gasteiger charge is 2.17. The minimum Gasteiger partial charge on any atom is -0.369 e. The zero-order chi connectivity index (χ0) is 15.5. The normalized spacial score (nSPS) is 11.1. The smallest absolute Gasteiger partial charge is 0.263 e. The van der Waals surface area contributed by atoms with Gasteiger partial charge in [-0.05, 0) is 33.6 Å². The minimum absolute atomic E-state index is 0.0192. The Hall–Kier alpha value is -1.93. The summed E-state index contributed by atoms with van der Waals surface area (Å²) in [6.07, 6.45) is 2.68. The van der Waals surface area contributed by atoms with Gasteiger partial charge in [0.2, 0.25) is 5.91 Å². The molecule has 0 saturated heterocycles. The van der Waals surface area contributed by atoms with Gasteiger partial charge in [-0.3, -0.25) is 14.5 Å². The molecule has 0 saturated carbocycles. The van der Waals surface area contributed by atoms with Gasteiger partial charge in [0, 0.05) is 16.9 Å². The number of nitrogens with two attached hydrogens (primary N) is 1. The lowest BCUT2D eigenvalue weighted by Crippen LogP contribution is -2.18. The fourth-order valence-corrected chi connectivity index (χ4v) is 3.31. The van der Waals surface area contributed by atoms with Crippen LogP contribution in [0, 0.1) is 0 Å². The zero-order valence-corrected chi connectivity index (χ0v) is 13.2. The molecule has 21 heavy (non-hydrogen) atoms. The van der Waals surface area contributed by atoms with Crippen LogP contribution in [0.15, 0.2) is 52.1 Å². The van der Waals surface area contributed by atoms with Crippen LogP contribution in [0.25, 0.3) is 0 Å². The Bertz CT molecular complexity index is 778. The summed E-state index contributed by atoms with van der Waals surface area (Å²) in [5.74, 6) is -0.536. The lowest BCUT2D eigenvalue weighted by atomic mass is 10.1. The number of nitrogens with zero attached hydrogens (tertiary/aromatic N) is 1. The van der Waals surface area contributed by atoms with E-state index in [0.29, 0.717) is 15.7 Å². The number of sulfonamides is 1. The maximum atomic E-state index is 12.3. The number of amides is 1. The van der Waals surface area contributed by atoms with E-state index in [-0.39, 0.29) is 11.3 Å². The molecular weight excluding hydrogens is 358 g/mol. The monoisotopic (exact) mass is 369 g/mol. The van der Waals surface area contributed by atoms with Gasteiger partial charge in [-0.15, -0.1) is 0 Å². The summed E-state index contributed by atoms with van der Waals surface area (Å²) in [6, 6.07) is 8.02. The number of pyridine rings is 1. The van der Waals surface area contributed by atoms with Crippen LogP contribution >= 0.6 is 15.9 Å². The standard InChI is InChI=1S/C13H12BrN3O3S/c14-10-6-11(8-16-7-10)21(19,20)17-12-4-2-1-3-9(12)5-13(15)18/h1-4,6-8,17H,5H2,(H2,15,18). The van der Waals surface area contributed by atoms with Crippen LogP contribution in [-0.4, -0.2) is 19.3 Å². The van der Waals surface area contributed by atoms with E-state index in [1.54, 1.807) is 24.3 Å². The number of para-hydroxylation sites is 1. The van der Waals surface area contributed by atoms with Crippen LogP contribution in [0.3, 0.4) is 0 Å². The van der Waals surface area contributed by atoms with Crippen molar-refractivity contribution < 1.29 is 13.2 Å². The van der Waals surface area contributed by atoms with Crippen LogP contribution in [0.1, 0.15) is 5.56 Å². The lowest BCUT2D eigenvalue weighted by molar-refractivity contribution is -0.117. The molecule has 1 heterocycles. The van der Waals surface area contributed by atoms with Crippen molar-refractivity contribution >= 4 is 37.5 Å². The molecule has 0 bridgehead atoms. The Morgan fingerprint density at radius 2 is 2.00 bits per heavy atom. The highest BCUT2D eigenvalue weighted by molar-refractivity contribution is 9.10. The minimum atomic E-state index is -3.79. The second kappa shape index (κ2) is 6.23. The van der Waals surface area contributed by atoms with Crippen LogP contribution in [0.5, 0.6) is 0 Å². The first-order valence-electron chi connectivity index (χ1n) is 5.88. The molecule has 1 amide bonds. The third kappa shape index (κ3) is 4.02. The molecule has 0 spiro atoms. The van der Waals surface area contributed by atoms with E-state index in [9.17, 15) is 13.2 Å². The van der Waals surface area contributed by atoms with E-state index in [4.69, 9.17) is 5.73 Å². The number of rotatable bonds is 5. The van der Waals surface area contributed by atoms with Crippen molar-refractivity contribution in [3.63, 3.8) is 0 Å². The average molecular weight is 370 g/mol. The first-order valence-corrected chi connectivity index (χ1v) is 8.16. The van der Waals surface area contributed by atoms with Gasteiger partial charge in [-0.2, -0.15) is 0 Å². The molecule has 0 aliphatic carbocycles. The van der Waals surface area contributed by atoms with E-state index < -0.39 is 15.9 Å². The summed E-state index contributed by atoms with van der Waals surface area (Å²) in [5, 5.41) is 0. The summed E-state index contributed by atoms with van der Waals surface area (Å²) < 4.78 is 27.6. The zero-order valence-electron chi connectivity index (χ0n) is 10.8. The second-order valence-electron chi connectivity index (χ2n) is 4.24. The molecule has 110 valence electrons. The number of benzene rings is 1. The molecule has 3 N–H and O–H groups in total. The van der Waals surface area contributed by atoms with E-state index in [1.807, 2.05) is 0 Å². The fourth-order valence-electron chi connectivity index (χ4n) is 1.70. The molecule has 0 atom stereocenters. The summed E-state index contributed by atoms with van der Waals surface area (Å²) in [7, 11) is -3.79. The van der Waals surface area contributed by atoms with Gasteiger partial charge < -0.3 is 5.73 Å². The molecule has 1 aromatic carbocycles. The number of nitrogens with one attached hydrogen (secondary N) is 1. The average Bonchev–Trinajstić information content (AvgIpc) is 2.40. The van der Waals surface area contributed by atoms with Crippen LogP contribution in [0.2, 0.25) is 0 Å². The van der Waals surface area contributed by atoms with E-state index >= 15 is 0 Å². The number of carbonyl (C=O) groups is 1. The third-order valence-electron chi connectivity index (χ3n) is 2.62. The Morgan fingerprint density at radius 3 is 2.67 bits per heavy atom. The predicted molar refractivity (Wildman–Crippen MR) is 82.1 cm³/mol. The Kier molecular flexibility index (Phi) is 4.59. The number of halogens is 1. The predicted octanol–water partition coefficient (Wildman–Crippen LogP) is 1.67. The van der Waals surface area contributed by atoms with E-state index in [0.717, 1.165) is 0 Å². The van der Waals surface area contributed by atoms with Gasteiger partial charge in [-0.1, -0.05) is 18.2 Å². The number of hydrogen-bond donors (Lipinski definition) is 2. The van der Waals surface area contributed by atoms with Crippen molar-refractivity contribution in [1.29, 1.82) is 0 Å². The van der Waals surface area contributed by atoms with Crippen molar-refractivity contribution in [2.75, 3.05) is 4.72 Å². The lowest BCUT2D eigenvalue weighted by Gasteiger charge is -2.11. The Balaban J connectivity index is 2.35. The van der Waals surface area contributed by atoms with Crippen molar-refractivity contribution in [3.05, 3.63) is 52.8 Å². The van der Waals surface area contributed by atoms with Gasteiger partial charge in [0.1, 0.15) is 4.90 Å². The van der Waals surface area contributed by atoms with Crippen LogP contribution < -0.4 is 10.5 Å². The number of primary amides is 1. The Labute approximate surface area is 130 Å². The van der Waals surface area contributed by atoms with Crippen molar-refractivity contribution in [2.24, 2.45) is 5.73 Å². The molecular formula is C13H12BrN3O3S. The molecule has 0 fully saturated rings. The van der Waals surface area contributed by atoms with Gasteiger partial charge in [0.25, 0.3) is 10.0 Å². The van der Waals surface area contributed by atoms with Gasteiger partial charge >= 0.3 is 0 Å². The van der Waals surface area contributed by atoms with Crippen LogP contribution in [0.4, 0.5) is 5.69 Å². The summed E-state index contributed by atoms with van der Waals surface area (Å²) in [6.45, 7) is 0.